The molecule has 1 fully saturated rings. The van der Waals surface area contributed by atoms with E-state index in [1.54, 1.807) is 0 Å². The van der Waals surface area contributed by atoms with E-state index >= 15 is 0 Å². The van der Waals surface area contributed by atoms with Crippen molar-refractivity contribution < 1.29 is 0 Å². The fourth-order valence-electron chi connectivity index (χ4n) is 10.7. The van der Waals surface area contributed by atoms with E-state index in [9.17, 15) is 0 Å². The largest absolute Gasteiger partial charge is 0.309 e. The number of fused-ring (bicyclic) bond motifs is 12. The molecule has 0 aliphatic heterocycles. The lowest BCUT2D eigenvalue weighted by molar-refractivity contribution is 0.346. The summed E-state index contributed by atoms with van der Waals surface area (Å²) >= 11 is 3.76. The van der Waals surface area contributed by atoms with Crippen molar-refractivity contribution in [1.82, 2.24) is 9.13 Å². The van der Waals surface area contributed by atoms with Crippen LogP contribution in [0, 0.1) is 0 Å². The number of aromatic nitrogens is 2. The Balaban J connectivity index is 0.992. The summed E-state index contributed by atoms with van der Waals surface area (Å²) in [7, 11) is 0. The number of hydrogen-bond donors (Lipinski definition) is 0. The summed E-state index contributed by atoms with van der Waals surface area (Å²) in [6.45, 7) is 0. The number of nitrogens with zero attached hydrogens (tertiary/aromatic N) is 2. The van der Waals surface area contributed by atoms with Crippen LogP contribution < -0.4 is 0 Å². The van der Waals surface area contributed by atoms with Gasteiger partial charge in [-0.3, -0.25) is 0 Å². The van der Waals surface area contributed by atoms with E-state index in [2.05, 4.69) is 179 Å². The van der Waals surface area contributed by atoms with Crippen LogP contribution in [0.25, 0.3) is 95.3 Å². The highest BCUT2D eigenvalue weighted by molar-refractivity contribution is 7.26. The molecule has 12 aromatic rings. The van der Waals surface area contributed by atoms with Crippen molar-refractivity contribution in [3.8, 4) is 11.4 Å². The molecule has 2 nitrogen and oxygen atoms in total. The molecule has 0 amide bonds. The van der Waals surface area contributed by atoms with Gasteiger partial charge in [-0.2, -0.15) is 0 Å². The first-order valence-corrected chi connectivity index (χ1v) is 22.3. The summed E-state index contributed by atoms with van der Waals surface area (Å²) < 4.78 is 10.3. The molecule has 0 spiro atoms. The average Bonchev–Trinajstić information content (AvgIpc) is 4.03. The van der Waals surface area contributed by atoms with Gasteiger partial charge in [-0.15, -0.1) is 22.7 Å². The topological polar surface area (TPSA) is 9.86 Å². The number of benzene rings is 8. The van der Waals surface area contributed by atoms with E-state index in [4.69, 9.17) is 0 Å². The normalized spacial score (nSPS) is 14.7. The van der Waals surface area contributed by atoms with Crippen molar-refractivity contribution >= 4 is 107 Å². The van der Waals surface area contributed by atoms with Gasteiger partial charge in [0.25, 0.3) is 0 Å². The van der Waals surface area contributed by atoms with Crippen LogP contribution in [0.3, 0.4) is 0 Å². The van der Waals surface area contributed by atoms with Crippen LogP contribution in [0.1, 0.15) is 43.2 Å². The molecule has 8 aromatic carbocycles. The highest BCUT2D eigenvalue weighted by Gasteiger charge is 2.37. The van der Waals surface area contributed by atoms with Crippen LogP contribution in [0.15, 0.2) is 170 Å². The Hall–Kier alpha value is -6.20. The highest BCUT2D eigenvalue weighted by atomic mass is 32.1. The summed E-state index contributed by atoms with van der Waals surface area (Å²) in [5.74, 6) is 0. The number of para-hydroxylation sites is 2. The average molecular weight is 779 g/mol. The molecule has 4 aromatic heterocycles. The lowest BCUT2D eigenvalue weighted by atomic mass is 9.65. The van der Waals surface area contributed by atoms with Gasteiger partial charge in [0.15, 0.2) is 0 Å². The summed E-state index contributed by atoms with van der Waals surface area (Å²) in [5.41, 5.74) is 10.3. The molecule has 58 heavy (non-hydrogen) atoms. The quantitative estimate of drug-likeness (QED) is 0.168. The molecule has 276 valence electrons. The Labute approximate surface area is 343 Å². The third-order valence-corrected chi connectivity index (χ3v) is 15.7. The molecule has 4 heteroatoms. The van der Waals surface area contributed by atoms with Crippen LogP contribution in [-0.4, -0.2) is 9.13 Å². The Bertz CT molecular complexity index is 3390. The molecular weight excluding hydrogens is 741 g/mol. The first-order valence-electron chi connectivity index (χ1n) is 20.6. The van der Waals surface area contributed by atoms with Crippen molar-refractivity contribution in [3.05, 3.63) is 181 Å². The maximum absolute atomic E-state index is 2.56. The second-order valence-corrected chi connectivity index (χ2v) is 18.5. The zero-order valence-corrected chi connectivity index (χ0v) is 33.5. The predicted molar refractivity (Wildman–Crippen MR) is 251 cm³/mol. The van der Waals surface area contributed by atoms with Gasteiger partial charge in [0, 0.05) is 78.7 Å². The van der Waals surface area contributed by atoms with Gasteiger partial charge in [-0.1, -0.05) is 104 Å². The van der Waals surface area contributed by atoms with Crippen LogP contribution in [0.4, 0.5) is 0 Å². The first-order chi connectivity index (χ1) is 28.7. The van der Waals surface area contributed by atoms with Gasteiger partial charge >= 0.3 is 0 Å². The Morgan fingerprint density at radius 1 is 0.328 bits per heavy atom. The van der Waals surface area contributed by atoms with E-state index in [1.165, 1.54) is 126 Å². The van der Waals surface area contributed by atoms with Gasteiger partial charge in [-0.25, -0.2) is 0 Å². The van der Waals surface area contributed by atoms with E-state index in [1.807, 2.05) is 22.7 Å². The molecule has 4 heterocycles. The lowest BCUT2D eigenvalue weighted by Gasteiger charge is -2.39. The lowest BCUT2D eigenvalue weighted by Crippen LogP contribution is -2.30. The third kappa shape index (κ3) is 4.64. The van der Waals surface area contributed by atoms with Gasteiger partial charge in [0.2, 0.25) is 0 Å². The van der Waals surface area contributed by atoms with Crippen molar-refractivity contribution in [2.75, 3.05) is 0 Å². The zero-order valence-electron chi connectivity index (χ0n) is 31.9. The zero-order chi connectivity index (χ0) is 38.0. The molecule has 0 atom stereocenters. The molecule has 0 bridgehead atoms. The van der Waals surface area contributed by atoms with Crippen LogP contribution in [0.5, 0.6) is 0 Å². The standard InChI is InChI=1S/C54H38N2S2/c1-10-28-54(29-11-1,34-20-24-48-42(30-34)38-12-2-6-16-46(38)55(48)36-22-26-52-44(32-36)40-14-4-8-18-50(40)57-52)35-21-25-49-43(31-35)39-13-3-7-17-47(39)56(49)37-23-27-53-45(33-37)41-15-5-9-19-51(41)58-53/h2-9,12-27,30-33H,1,10-11,28-29H2. The maximum Gasteiger partial charge on any atom is 0.0541 e. The van der Waals surface area contributed by atoms with E-state index in [-0.39, 0.29) is 5.41 Å². The summed E-state index contributed by atoms with van der Waals surface area (Å²) in [6, 6.07) is 64.6. The second kappa shape index (κ2) is 12.4. The molecule has 0 N–H and O–H groups in total. The predicted octanol–water partition coefficient (Wildman–Crippen LogP) is 15.9. The van der Waals surface area contributed by atoms with Crippen LogP contribution in [-0.2, 0) is 5.41 Å². The van der Waals surface area contributed by atoms with Gasteiger partial charge in [-0.05, 0) is 109 Å². The first kappa shape index (κ1) is 32.8. The Morgan fingerprint density at radius 2 is 0.741 bits per heavy atom. The maximum atomic E-state index is 2.56. The van der Waals surface area contributed by atoms with E-state index < -0.39 is 0 Å². The minimum atomic E-state index is -0.0595. The Morgan fingerprint density at radius 3 is 1.24 bits per heavy atom. The van der Waals surface area contributed by atoms with Crippen molar-refractivity contribution in [2.45, 2.75) is 37.5 Å². The number of hydrogen-bond acceptors (Lipinski definition) is 2. The summed E-state index contributed by atoms with van der Waals surface area (Å²) in [4.78, 5) is 0. The van der Waals surface area contributed by atoms with E-state index in [0.29, 0.717) is 0 Å². The summed E-state index contributed by atoms with van der Waals surface area (Å²) in [6.07, 6.45) is 6.09. The molecule has 1 aliphatic carbocycles. The molecule has 1 aliphatic rings. The van der Waals surface area contributed by atoms with Crippen molar-refractivity contribution in [1.29, 1.82) is 0 Å². The molecule has 1 saturated carbocycles. The smallest absolute Gasteiger partial charge is 0.0541 e. The fourth-order valence-corrected chi connectivity index (χ4v) is 12.9. The highest BCUT2D eigenvalue weighted by Crippen LogP contribution is 2.48. The molecular formula is C54H38N2S2. The molecule has 13 rings (SSSR count). The number of thiophene rings is 2. The minimum absolute atomic E-state index is 0.0595. The minimum Gasteiger partial charge on any atom is -0.309 e. The third-order valence-electron chi connectivity index (χ3n) is 13.4. The number of rotatable bonds is 4. The van der Waals surface area contributed by atoms with Crippen molar-refractivity contribution in [2.24, 2.45) is 0 Å². The summed E-state index contributed by atoms with van der Waals surface area (Å²) in [5, 5.41) is 10.6. The second-order valence-electron chi connectivity index (χ2n) is 16.4. The molecule has 0 unspecified atom stereocenters. The van der Waals surface area contributed by atoms with Crippen LogP contribution >= 0.6 is 22.7 Å². The SMILES string of the molecule is c1ccc2c(c1)sc1ccc(-n3c4ccccc4c4cc(C5(c6ccc7c(c6)c6ccccc6n7-c6ccc7sc8ccccc8c7c6)CCCCC5)ccc43)cc12. The monoisotopic (exact) mass is 778 g/mol. The van der Waals surface area contributed by atoms with Crippen LogP contribution in [0.2, 0.25) is 0 Å². The van der Waals surface area contributed by atoms with Gasteiger partial charge in [0.05, 0.1) is 22.1 Å². The van der Waals surface area contributed by atoms with Gasteiger partial charge in [0.1, 0.15) is 0 Å². The fraction of sp³-hybridized carbons (Fsp3) is 0.111. The molecule has 0 radical (unpaired) electrons. The molecule has 0 saturated heterocycles. The Kier molecular flexibility index (Phi) is 7.02. The van der Waals surface area contributed by atoms with E-state index in [0.717, 1.165) is 12.8 Å². The van der Waals surface area contributed by atoms with Gasteiger partial charge < -0.3 is 9.13 Å². The van der Waals surface area contributed by atoms with Crippen molar-refractivity contribution in [3.63, 3.8) is 0 Å².